The van der Waals surface area contributed by atoms with Gasteiger partial charge in [-0.3, -0.25) is 4.79 Å². The number of carbonyl (C=O) groups excluding carboxylic acids is 1. The normalized spacial score (nSPS) is 20.9. The summed E-state index contributed by atoms with van der Waals surface area (Å²) in [5.74, 6) is 0.443. The Balaban J connectivity index is 2.52. The molecule has 0 aliphatic heterocycles. The molecule has 0 aromatic carbocycles. The first-order valence-electron chi connectivity index (χ1n) is 4.43. The van der Waals surface area contributed by atoms with Crippen LogP contribution in [0.25, 0.3) is 0 Å². The minimum absolute atomic E-state index is 0.0313. The molecule has 1 fully saturated rings. The van der Waals surface area contributed by atoms with Crippen molar-refractivity contribution in [2.24, 2.45) is 5.41 Å². The fraction of sp³-hybridized carbons (Fsp3) is 0.889. The smallest absolute Gasteiger partial charge is 0.140 e. The van der Waals surface area contributed by atoms with Crippen molar-refractivity contribution in [1.82, 2.24) is 5.32 Å². The molecule has 0 atom stereocenters. The Kier molecular flexibility index (Phi) is 2.66. The van der Waals surface area contributed by atoms with Gasteiger partial charge in [0.05, 0.1) is 0 Å². The topological polar surface area (TPSA) is 29.1 Å². The summed E-state index contributed by atoms with van der Waals surface area (Å²) in [5, 5.41) is 3.10. The molecule has 0 heterocycles. The van der Waals surface area contributed by atoms with Crippen molar-refractivity contribution < 1.29 is 4.79 Å². The molecule has 11 heavy (non-hydrogen) atoms. The highest BCUT2D eigenvalue weighted by Gasteiger charge is 2.41. The third kappa shape index (κ3) is 1.45. The van der Waals surface area contributed by atoms with Crippen LogP contribution in [0.4, 0.5) is 0 Å². The Bertz CT molecular complexity index is 150. The Morgan fingerprint density at radius 1 is 1.55 bits per heavy atom. The van der Waals surface area contributed by atoms with Crippen molar-refractivity contribution in [3.8, 4) is 0 Å². The molecule has 0 unspecified atom stereocenters. The van der Waals surface area contributed by atoms with Crippen molar-refractivity contribution in [1.29, 1.82) is 0 Å². The van der Waals surface area contributed by atoms with Gasteiger partial charge in [0.2, 0.25) is 0 Å². The summed E-state index contributed by atoms with van der Waals surface area (Å²) in [5.41, 5.74) is 0.0313. The summed E-state index contributed by atoms with van der Waals surface area (Å²) in [6.45, 7) is 2.83. The lowest BCUT2D eigenvalue weighted by Gasteiger charge is -2.40. The molecule has 64 valence electrons. The summed E-state index contributed by atoms with van der Waals surface area (Å²) in [4.78, 5) is 11.5. The zero-order chi connectivity index (χ0) is 8.32. The number of Topliss-reactive ketones (excluding diaryl/α,β-unsaturated/α-hetero) is 1. The molecule has 0 amide bonds. The number of ketones is 1. The van der Waals surface area contributed by atoms with Crippen molar-refractivity contribution in [3.05, 3.63) is 0 Å². The Hall–Kier alpha value is -0.370. The van der Waals surface area contributed by atoms with Crippen LogP contribution in [0.15, 0.2) is 0 Å². The molecule has 1 saturated carbocycles. The summed E-state index contributed by atoms with van der Waals surface area (Å²) in [7, 11) is 1.92. The van der Waals surface area contributed by atoms with Crippen molar-refractivity contribution in [2.45, 2.75) is 32.6 Å². The third-order valence-electron chi connectivity index (χ3n) is 2.74. The summed E-state index contributed by atoms with van der Waals surface area (Å²) >= 11 is 0. The molecule has 1 N–H and O–H groups in total. The molecular formula is C9H17NO. The van der Waals surface area contributed by atoms with Crippen LogP contribution in [-0.4, -0.2) is 19.4 Å². The molecule has 1 aliphatic carbocycles. The first kappa shape index (κ1) is 8.72. The van der Waals surface area contributed by atoms with E-state index in [1.165, 1.54) is 6.42 Å². The van der Waals surface area contributed by atoms with E-state index in [4.69, 9.17) is 0 Å². The first-order valence-corrected chi connectivity index (χ1v) is 4.43. The molecule has 2 nitrogen and oxygen atoms in total. The van der Waals surface area contributed by atoms with Crippen LogP contribution < -0.4 is 5.32 Å². The third-order valence-corrected chi connectivity index (χ3v) is 2.74. The molecule has 2 heteroatoms. The van der Waals surface area contributed by atoms with E-state index in [0.717, 1.165) is 19.4 Å². The highest BCUT2D eigenvalue weighted by molar-refractivity contribution is 5.85. The van der Waals surface area contributed by atoms with E-state index in [2.05, 4.69) is 5.32 Å². The van der Waals surface area contributed by atoms with Gasteiger partial charge in [0, 0.05) is 18.4 Å². The molecule has 0 spiro atoms. The highest BCUT2D eigenvalue weighted by atomic mass is 16.1. The number of hydrogen-bond acceptors (Lipinski definition) is 2. The van der Waals surface area contributed by atoms with E-state index in [1.54, 1.807) is 0 Å². The van der Waals surface area contributed by atoms with Gasteiger partial charge in [0.15, 0.2) is 0 Å². The zero-order valence-corrected chi connectivity index (χ0v) is 7.44. The van der Waals surface area contributed by atoms with Crippen LogP contribution in [0, 0.1) is 5.41 Å². The maximum atomic E-state index is 11.5. The lowest BCUT2D eigenvalue weighted by Crippen LogP contribution is -2.45. The molecule has 1 rings (SSSR count). The van der Waals surface area contributed by atoms with E-state index in [-0.39, 0.29) is 5.41 Å². The average molecular weight is 155 g/mol. The largest absolute Gasteiger partial charge is 0.319 e. The predicted molar refractivity (Wildman–Crippen MR) is 45.5 cm³/mol. The van der Waals surface area contributed by atoms with Gasteiger partial charge in [-0.15, -0.1) is 0 Å². The Morgan fingerprint density at radius 2 is 2.18 bits per heavy atom. The predicted octanol–water partition coefficient (Wildman–Crippen LogP) is 1.36. The van der Waals surface area contributed by atoms with Crippen molar-refractivity contribution in [2.75, 3.05) is 13.6 Å². The van der Waals surface area contributed by atoms with Gasteiger partial charge < -0.3 is 5.32 Å². The minimum atomic E-state index is 0.0313. The van der Waals surface area contributed by atoms with Gasteiger partial charge in [-0.25, -0.2) is 0 Å². The molecule has 0 aromatic rings. The molecule has 0 saturated heterocycles. The summed E-state index contributed by atoms with van der Waals surface area (Å²) in [6, 6.07) is 0. The summed E-state index contributed by atoms with van der Waals surface area (Å²) < 4.78 is 0. The van der Waals surface area contributed by atoms with E-state index < -0.39 is 0 Å². The van der Waals surface area contributed by atoms with Gasteiger partial charge in [-0.05, 0) is 19.9 Å². The van der Waals surface area contributed by atoms with Gasteiger partial charge in [-0.1, -0.05) is 13.3 Å². The van der Waals surface area contributed by atoms with Crippen LogP contribution in [0.3, 0.4) is 0 Å². The van der Waals surface area contributed by atoms with Crippen LogP contribution in [0.2, 0.25) is 0 Å². The SMILES string of the molecule is CCC(=O)C1(CNC)CCC1. The van der Waals surface area contributed by atoms with E-state index in [9.17, 15) is 4.79 Å². The first-order chi connectivity index (χ1) is 5.25. The lowest BCUT2D eigenvalue weighted by atomic mass is 9.65. The molecule has 1 aliphatic rings. The van der Waals surface area contributed by atoms with Gasteiger partial charge in [0.25, 0.3) is 0 Å². The average Bonchev–Trinajstić information content (AvgIpc) is 1.95. The van der Waals surface area contributed by atoms with Crippen molar-refractivity contribution in [3.63, 3.8) is 0 Å². The standard InChI is InChI=1S/C9H17NO/c1-3-8(11)9(7-10-2)5-4-6-9/h10H,3-7H2,1-2H3. The maximum absolute atomic E-state index is 11.5. The lowest BCUT2D eigenvalue weighted by molar-refractivity contribution is -0.132. The molecular weight excluding hydrogens is 138 g/mol. The van der Waals surface area contributed by atoms with Crippen LogP contribution in [0.5, 0.6) is 0 Å². The number of hydrogen-bond donors (Lipinski definition) is 1. The number of carbonyl (C=O) groups is 1. The van der Waals surface area contributed by atoms with E-state index in [0.29, 0.717) is 12.2 Å². The maximum Gasteiger partial charge on any atom is 0.140 e. The summed E-state index contributed by atoms with van der Waals surface area (Å²) in [6.07, 6.45) is 4.12. The van der Waals surface area contributed by atoms with E-state index in [1.807, 2.05) is 14.0 Å². The zero-order valence-electron chi connectivity index (χ0n) is 7.44. The second-order valence-electron chi connectivity index (χ2n) is 3.44. The quantitative estimate of drug-likeness (QED) is 0.664. The van der Waals surface area contributed by atoms with Crippen LogP contribution in [0.1, 0.15) is 32.6 Å². The fourth-order valence-corrected chi connectivity index (χ4v) is 1.87. The second kappa shape index (κ2) is 3.35. The van der Waals surface area contributed by atoms with Crippen molar-refractivity contribution >= 4 is 5.78 Å². The van der Waals surface area contributed by atoms with Gasteiger partial charge in [0.1, 0.15) is 5.78 Å². The number of nitrogens with one attached hydrogen (secondary N) is 1. The van der Waals surface area contributed by atoms with Crippen LogP contribution in [-0.2, 0) is 4.79 Å². The second-order valence-corrected chi connectivity index (χ2v) is 3.44. The van der Waals surface area contributed by atoms with Gasteiger partial charge >= 0.3 is 0 Å². The monoisotopic (exact) mass is 155 g/mol. The fourth-order valence-electron chi connectivity index (χ4n) is 1.87. The molecule has 0 aromatic heterocycles. The minimum Gasteiger partial charge on any atom is -0.319 e. The Labute approximate surface area is 68.4 Å². The highest BCUT2D eigenvalue weighted by Crippen LogP contribution is 2.41. The van der Waals surface area contributed by atoms with E-state index >= 15 is 0 Å². The van der Waals surface area contributed by atoms with Crippen LogP contribution >= 0.6 is 0 Å². The number of rotatable bonds is 4. The Morgan fingerprint density at radius 3 is 2.45 bits per heavy atom. The molecule has 0 bridgehead atoms. The molecule has 0 radical (unpaired) electrons. The van der Waals surface area contributed by atoms with Gasteiger partial charge in [-0.2, -0.15) is 0 Å².